The number of rotatable bonds is 3. The van der Waals surface area contributed by atoms with Crippen molar-refractivity contribution < 1.29 is 13.2 Å². The number of hydrogen-bond donors (Lipinski definition) is 1. The lowest BCUT2D eigenvalue weighted by Gasteiger charge is -2.19. The molecule has 0 spiro atoms. The Hall–Kier alpha value is -1.56. The average molecular weight is 243 g/mol. The smallest absolute Gasteiger partial charge is 0.330 e. The van der Waals surface area contributed by atoms with Crippen LogP contribution in [0.1, 0.15) is 0 Å². The summed E-state index contributed by atoms with van der Waals surface area (Å²) in [6.07, 6.45) is -2.86. The number of alkyl halides is 3. The number of fused-ring (bicyclic) bond motifs is 1. The van der Waals surface area contributed by atoms with Crippen LogP contribution in [-0.2, 0) is 6.54 Å². The third kappa shape index (κ3) is 2.41. The molecule has 0 aliphatic rings. The first-order chi connectivity index (χ1) is 8.02. The van der Waals surface area contributed by atoms with E-state index in [1.807, 2.05) is 0 Å². The Balaban J connectivity index is 2.29. The zero-order valence-electron chi connectivity index (χ0n) is 8.98. The Morgan fingerprint density at radius 2 is 2.00 bits per heavy atom. The summed E-state index contributed by atoms with van der Waals surface area (Å²) in [5.74, 6) is -1.54. The molecule has 1 aromatic carbocycles. The van der Waals surface area contributed by atoms with Crippen LogP contribution in [0.25, 0.3) is 11.0 Å². The minimum absolute atomic E-state index is 0.194. The lowest BCUT2D eigenvalue weighted by molar-refractivity contribution is -0.174. The maximum absolute atomic E-state index is 12.6. The van der Waals surface area contributed by atoms with Gasteiger partial charge in [0.15, 0.2) is 0 Å². The standard InChI is InChI=1S/C11H12F3N3/c12-11(13,14)8(5-15)6-17-7-16-9-3-1-2-4-10(9)17/h1-4,7-8H,5-6,15H2. The lowest BCUT2D eigenvalue weighted by atomic mass is 10.1. The second kappa shape index (κ2) is 4.37. The van der Waals surface area contributed by atoms with E-state index in [9.17, 15) is 13.2 Å². The van der Waals surface area contributed by atoms with Gasteiger partial charge >= 0.3 is 6.18 Å². The number of nitrogens with zero attached hydrogens (tertiary/aromatic N) is 2. The highest BCUT2D eigenvalue weighted by Gasteiger charge is 2.38. The van der Waals surface area contributed by atoms with Gasteiger partial charge in [-0.25, -0.2) is 4.98 Å². The Labute approximate surface area is 96.0 Å². The molecule has 1 heterocycles. The van der Waals surface area contributed by atoms with Gasteiger partial charge in [-0.3, -0.25) is 0 Å². The van der Waals surface area contributed by atoms with Crippen molar-refractivity contribution >= 4 is 11.0 Å². The van der Waals surface area contributed by atoms with Crippen LogP contribution in [0.15, 0.2) is 30.6 Å². The summed E-state index contributed by atoms with van der Waals surface area (Å²) >= 11 is 0. The largest absolute Gasteiger partial charge is 0.394 e. The molecule has 0 saturated carbocycles. The molecule has 0 radical (unpaired) electrons. The molecule has 1 atom stereocenters. The van der Waals surface area contributed by atoms with E-state index in [0.717, 1.165) is 0 Å². The maximum Gasteiger partial charge on any atom is 0.394 e. The molecule has 6 heteroatoms. The molecule has 2 N–H and O–H groups in total. The van der Waals surface area contributed by atoms with Gasteiger partial charge < -0.3 is 10.3 Å². The van der Waals surface area contributed by atoms with E-state index in [1.54, 1.807) is 24.3 Å². The van der Waals surface area contributed by atoms with Gasteiger partial charge in [-0.05, 0) is 12.1 Å². The van der Waals surface area contributed by atoms with E-state index in [1.165, 1.54) is 10.9 Å². The molecule has 0 amide bonds. The van der Waals surface area contributed by atoms with Crippen molar-refractivity contribution in [3.05, 3.63) is 30.6 Å². The molecule has 17 heavy (non-hydrogen) atoms. The highest BCUT2D eigenvalue weighted by atomic mass is 19.4. The van der Waals surface area contributed by atoms with Crippen molar-refractivity contribution in [3.63, 3.8) is 0 Å². The van der Waals surface area contributed by atoms with E-state index in [0.29, 0.717) is 11.0 Å². The minimum Gasteiger partial charge on any atom is -0.330 e. The molecule has 2 rings (SSSR count). The summed E-state index contributed by atoms with van der Waals surface area (Å²) < 4.78 is 39.3. The summed E-state index contributed by atoms with van der Waals surface area (Å²) in [5, 5.41) is 0. The van der Waals surface area contributed by atoms with Gasteiger partial charge in [-0.2, -0.15) is 13.2 Å². The van der Waals surface area contributed by atoms with Crippen molar-refractivity contribution in [1.82, 2.24) is 9.55 Å². The molecule has 92 valence electrons. The van der Waals surface area contributed by atoms with Gasteiger partial charge in [0.05, 0.1) is 23.3 Å². The Morgan fingerprint density at radius 1 is 1.29 bits per heavy atom. The third-order valence-corrected chi connectivity index (χ3v) is 2.69. The fourth-order valence-corrected chi connectivity index (χ4v) is 1.70. The fraction of sp³-hybridized carbons (Fsp3) is 0.364. The molecular formula is C11H12F3N3. The first-order valence-corrected chi connectivity index (χ1v) is 5.19. The summed E-state index contributed by atoms with van der Waals surface area (Å²) in [4.78, 5) is 4.04. The van der Waals surface area contributed by atoms with Gasteiger partial charge in [-0.15, -0.1) is 0 Å². The normalized spacial score (nSPS) is 14.1. The molecule has 0 aliphatic heterocycles. The van der Waals surface area contributed by atoms with E-state index in [-0.39, 0.29) is 6.54 Å². The summed E-state index contributed by atoms with van der Waals surface area (Å²) in [6, 6.07) is 7.07. The van der Waals surface area contributed by atoms with Gasteiger partial charge in [0.2, 0.25) is 0 Å². The predicted molar refractivity (Wildman–Crippen MR) is 58.3 cm³/mol. The van der Waals surface area contributed by atoms with E-state index < -0.39 is 18.6 Å². The van der Waals surface area contributed by atoms with E-state index in [2.05, 4.69) is 4.98 Å². The first kappa shape index (κ1) is 11.9. The highest BCUT2D eigenvalue weighted by Crippen LogP contribution is 2.27. The number of benzene rings is 1. The van der Waals surface area contributed by atoms with Crippen LogP contribution < -0.4 is 5.73 Å². The maximum atomic E-state index is 12.6. The Kier molecular flexibility index (Phi) is 3.06. The molecule has 1 aromatic heterocycles. The number of halogens is 3. The van der Waals surface area contributed by atoms with Gasteiger partial charge in [-0.1, -0.05) is 12.1 Å². The van der Waals surface area contributed by atoms with Crippen molar-refractivity contribution in [2.45, 2.75) is 12.7 Å². The van der Waals surface area contributed by atoms with Crippen molar-refractivity contribution in [1.29, 1.82) is 0 Å². The fourth-order valence-electron chi connectivity index (χ4n) is 1.70. The monoisotopic (exact) mass is 243 g/mol. The summed E-state index contributed by atoms with van der Waals surface area (Å²) in [6.45, 7) is -0.615. The quantitative estimate of drug-likeness (QED) is 0.897. The van der Waals surface area contributed by atoms with Crippen LogP contribution in [0.2, 0.25) is 0 Å². The van der Waals surface area contributed by atoms with Crippen LogP contribution in [0.4, 0.5) is 13.2 Å². The number of para-hydroxylation sites is 2. The summed E-state index contributed by atoms with van der Waals surface area (Å²) in [5.41, 5.74) is 6.54. The average Bonchev–Trinajstić information content (AvgIpc) is 2.67. The van der Waals surface area contributed by atoms with Crippen molar-refractivity contribution in [2.75, 3.05) is 6.54 Å². The molecule has 3 nitrogen and oxygen atoms in total. The lowest BCUT2D eigenvalue weighted by Crippen LogP contribution is -2.33. The molecule has 0 bridgehead atoms. The van der Waals surface area contributed by atoms with Crippen molar-refractivity contribution in [3.8, 4) is 0 Å². The SMILES string of the molecule is NCC(Cn1cnc2ccccc21)C(F)(F)F. The number of aromatic nitrogens is 2. The van der Waals surface area contributed by atoms with Gasteiger partial charge in [0, 0.05) is 13.1 Å². The zero-order chi connectivity index (χ0) is 12.5. The van der Waals surface area contributed by atoms with Crippen LogP contribution in [0.5, 0.6) is 0 Å². The number of imidazole rings is 1. The molecule has 1 unspecified atom stereocenters. The number of hydrogen-bond acceptors (Lipinski definition) is 2. The predicted octanol–water partition coefficient (Wildman–Crippen LogP) is 2.17. The van der Waals surface area contributed by atoms with E-state index >= 15 is 0 Å². The van der Waals surface area contributed by atoms with Crippen LogP contribution >= 0.6 is 0 Å². The Bertz CT molecular complexity index is 504. The minimum atomic E-state index is -4.28. The first-order valence-electron chi connectivity index (χ1n) is 5.19. The topological polar surface area (TPSA) is 43.8 Å². The highest BCUT2D eigenvalue weighted by molar-refractivity contribution is 5.74. The molecule has 2 aromatic rings. The second-order valence-electron chi connectivity index (χ2n) is 3.86. The van der Waals surface area contributed by atoms with Crippen LogP contribution in [0, 0.1) is 5.92 Å². The van der Waals surface area contributed by atoms with Crippen molar-refractivity contribution in [2.24, 2.45) is 11.7 Å². The van der Waals surface area contributed by atoms with Crippen LogP contribution in [0.3, 0.4) is 0 Å². The van der Waals surface area contributed by atoms with Crippen LogP contribution in [-0.4, -0.2) is 22.3 Å². The summed E-state index contributed by atoms with van der Waals surface area (Å²) in [7, 11) is 0. The van der Waals surface area contributed by atoms with Gasteiger partial charge in [0.25, 0.3) is 0 Å². The Morgan fingerprint density at radius 3 is 2.65 bits per heavy atom. The van der Waals surface area contributed by atoms with Gasteiger partial charge in [0.1, 0.15) is 0 Å². The number of nitrogens with two attached hydrogens (primary N) is 1. The third-order valence-electron chi connectivity index (χ3n) is 2.69. The zero-order valence-corrected chi connectivity index (χ0v) is 8.98. The molecule has 0 fully saturated rings. The molecular weight excluding hydrogens is 231 g/mol. The molecule has 0 aliphatic carbocycles. The second-order valence-corrected chi connectivity index (χ2v) is 3.86. The molecule has 0 saturated heterocycles. The van der Waals surface area contributed by atoms with E-state index in [4.69, 9.17) is 5.73 Å².